The fourth-order valence-corrected chi connectivity index (χ4v) is 4.44. The summed E-state index contributed by atoms with van der Waals surface area (Å²) in [7, 11) is -3.49. The van der Waals surface area contributed by atoms with Crippen LogP contribution >= 0.6 is 23.2 Å². The van der Waals surface area contributed by atoms with E-state index in [9.17, 15) is 13.2 Å². The van der Waals surface area contributed by atoms with Gasteiger partial charge in [-0.1, -0.05) is 41.4 Å². The molecule has 0 spiro atoms. The average Bonchev–Trinajstić information content (AvgIpc) is 2.67. The first-order chi connectivity index (χ1) is 14.5. The van der Waals surface area contributed by atoms with E-state index in [0.717, 1.165) is 16.7 Å². The number of hydrogen-bond donors (Lipinski definition) is 1. The zero-order valence-electron chi connectivity index (χ0n) is 17.3. The standard InChI is InChI=1S/C23H22Cl2N2O3S/c1-15-4-9-22(10-16(15)2)27(31(3,29)30)14-17-5-7-18(8-6-17)23(28)26-21-12-19(24)11-20(25)13-21/h4-13H,14H2,1-3H3,(H,26,28). The topological polar surface area (TPSA) is 66.5 Å². The lowest BCUT2D eigenvalue weighted by molar-refractivity contribution is 0.102. The highest BCUT2D eigenvalue weighted by atomic mass is 35.5. The fourth-order valence-electron chi connectivity index (χ4n) is 3.04. The van der Waals surface area contributed by atoms with E-state index in [4.69, 9.17) is 23.2 Å². The number of benzene rings is 3. The molecule has 0 aromatic heterocycles. The van der Waals surface area contributed by atoms with Gasteiger partial charge in [0.05, 0.1) is 18.5 Å². The van der Waals surface area contributed by atoms with Crippen molar-refractivity contribution in [3.63, 3.8) is 0 Å². The van der Waals surface area contributed by atoms with Crippen LogP contribution in [0.1, 0.15) is 27.0 Å². The number of sulfonamides is 1. The molecule has 1 amide bonds. The summed E-state index contributed by atoms with van der Waals surface area (Å²) in [6, 6.07) is 17.1. The van der Waals surface area contributed by atoms with Crippen molar-refractivity contribution in [3.05, 3.63) is 93.0 Å². The average molecular weight is 477 g/mol. The van der Waals surface area contributed by atoms with E-state index in [1.807, 2.05) is 26.0 Å². The zero-order valence-corrected chi connectivity index (χ0v) is 19.6. The maximum atomic E-state index is 12.5. The minimum Gasteiger partial charge on any atom is -0.322 e. The molecule has 0 atom stereocenters. The van der Waals surface area contributed by atoms with Crippen LogP contribution in [-0.4, -0.2) is 20.6 Å². The zero-order chi connectivity index (χ0) is 22.8. The Morgan fingerprint density at radius 2 is 1.52 bits per heavy atom. The highest BCUT2D eigenvalue weighted by molar-refractivity contribution is 7.92. The number of halogens is 2. The van der Waals surface area contributed by atoms with E-state index in [-0.39, 0.29) is 12.5 Å². The van der Waals surface area contributed by atoms with Crippen LogP contribution in [0.15, 0.2) is 60.7 Å². The van der Waals surface area contributed by atoms with Crippen LogP contribution in [0.2, 0.25) is 10.0 Å². The molecule has 31 heavy (non-hydrogen) atoms. The van der Waals surface area contributed by atoms with Crippen molar-refractivity contribution < 1.29 is 13.2 Å². The van der Waals surface area contributed by atoms with Gasteiger partial charge in [-0.05, 0) is 73.0 Å². The van der Waals surface area contributed by atoms with Crippen molar-refractivity contribution >= 4 is 50.5 Å². The Labute approximate surface area is 192 Å². The number of carbonyl (C=O) groups excluding carboxylic acids is 1. The van der Waals surface area contributed by atoms with E-state index < -0.39 is 10.0 Å². The van der Waals surface area contributed by atoms with Crippen LogP contribution < -0.4 is 9.62 Å². The van der Waals surface area contributed by atoms with E-state index in [2.05, 4.69) is 5.32 Å². The third-order valence-corrected chi connectivity index (χ3v) is 6.42. The molecule has 0 saturated carbocycles. The molecule has 1 N–H and O–H groups in total. The number of anilines is 2. The van der Waals surface area contributed by atoms with Gasteiger partial charge < -0.3 is 5.32 Å². The second-order valence-electron chi connectivity index (χ2n) is 7.35. The third kappa shape index (κ3) is 6.00. The molecule has 5 nitrogen and oxygen atoms in total. The highest BCUT2D eigenvalue weighted by Crippen LogP contribution is 2.25. The molecule has 0 aliphatic carbocycles. The molecule has 3 rings (SSSR count). The van der Waals surface area contributed by atoms with Crippen LogP contribution in [0.25, 0.3) is 0 Å². The van der Waals surface area contributed by atoms with Gasteiger partial charge in [-0.3, -0.25) is 9.10 Å². The summed E-state index contributed by atoms with van der Waals surface area (Å²) < 4.78 is 26.2. The number of nitrogens with zero attached hydrogens (tertiary/aromatic N) is 1. The quantitative estimate of drug-likeness (QED) is 0.486. The Balaban J connectivity index is 1.79. The SMILES string of the molecule is Cc1ccc(N(Cc2ccc(C(=O)Nc3cc(Cl)cc(Cl)c3)cc2)S(C)(=O)=O)cc1C. The lowest BCUT2D eigenvalue weighted by atomic mass is 10.1. The molecule has 0 aliphatic heterocycles. The van der Waals surface area contributed by atoms with Crippen molar-refractivity contribution in [1.29, 1.82) is 0 Å². The molecular formula is C23H22Cl2N2O3S. The Hall–Kier alpha value is -2.54. The van der Waals surface area contributed by atoms with Gasteiger partial charge in [0.15, 0.2) is 0 Å². The second kappa shape index (κ2) is 9.30. The molecule has 8 heteroatoms. The Kier molecular flexibility index (Phi) is 6.94. The van der Waals surface area contributed by atoms with Crippen molar-refractivity contribution in [2.24, 2.45) is 0 Å². The minimum atomic E-state index is -3.49. The van der Waals surface area contributed by atoms with Crippen LogP contribution in [0.3, 0.4) is 0 Å². The van der Waals surface area contributed by atoms with E-state index >= 15 is 0 Å². The number of aryl methyl sites for hydroxylation is 2. The maximum Gasteiger partial charge on any atom is 0.255 e. The summed E-state index contributed by atoms with van der Waals surface area (Å²) in [4.78, 5) is 12.5. The summed E-state index contributed by atoms with van der Waals surface area (Å²) in [5.74, 6) is -0.320. The summed E-state index contributed by atoms with van der Waals surface area (Å²) >= 11 is 11.9. The molecule has 3 aromatic rings. The van der Waals surface area contributed by atoms with Crippen LogP contribution in [0.5, 0.6) is 0 Å². The summed E-state index contributed by atoms with van der Waals surface area (Å²) in [5, 5.41) is 3.59. The minimum absolute atomic E-state index is 0.160. The van der Waals surface area contributed by atoms with Crippen molar-refractivity contribution in [1.82, 2.24) is 0 Å². The maximum absolute atomic E-state index is 12.5. The molecular weight excluding hydrogens is 455 g/mol. The van der Waals surface area contributed by atoms with Gasteiger partial charge >= 0.3 is 0 Å². The predicted molar refractivity (Wildman–Crippen MR) is 128 cm³/mol. The Bertz CT molecular complexity index is 1210. The molecule has 3 aromatic carbocycles. The Morgan fingerprint density at radius 1 is 0.903 bits per heavy atom. The molecule has 0 saturated heterocycles. The lowest BCUT2D eigenvalue weighted by Crippen LogP contribution is -2.29. The predicted octanol–water partition coefficient (Wildman–Crippen LogP) is 5.83. The van der Waals surface area contributed by atoms with Crippen LogP contribution in [0, 0.1) is 13.8 Å². The molecule has 0 heterocycles. The van der Waals surface area contributed by atoms with Gasteiger partial charge in [0.1, 0.15) is 0 Å². The fraction of sp³-hybridized carbons (Fsp3) is 0.174. The van der Waals surface area contributed by atoms with E-state index in [1.165, 1.54) is 10.6 Å². The number of hydrogen-bond acceptors (Lipinski definition) is 3. The first kappa shape index (κ1) is 23.1. The smallest absolute Gasteiger partial charge is 0.255 e. The Morgan fingerprint density at radius 3 is 2.06 bits per heavy atom. The summed E-state index contributed by atoms with van der Waals surface area (Å²) in [6.45, 7) is 4.08. The van der Waals surface area contributed by atoms with Gasteiger partial charge in [0, 0.05) is 21.3 Å². The van der Waals surface area contributed by atoms with Gasteiger partial charge in [-0.25, -0.2) is 8.42 Å². The second-order valence-corrected chi connectivity index (χ2v) is 10.1. The normalized spacial score (nSPS) is 11.3. The lowest BCUT2D eigenvalue weighted by Gasteiger charge is -2.23. The van der Waals surface area contributed by atoms with Gasteiger partial charge in [0.25, 0.3) is 5.91 Å². The van der Waals surface area contributed by atoms with E-state index in [0.29, 0.717) is 27.0 Å². The van der Waals surface area contributed by atoms with Crippen LogP contribution in [0.4, 0.5) is 11.4 Å². The summed E-state index contributed by atoms with van der Waals surface area (Å²) in [5.41, 5.74) is 4.38. The van der Waals surface area contributed by atoms with Crippen LogP contribution in [-0.2, 0) is 16.6 Å². The molecule has 162 valence electrons. The number of carbonyl (C=O) groups is 1. The monoisotopic (exact) mass is 476 g/mol. The van der Waals surface area contributed by atoms with Crippen molar-refractivity contribution in [2.45, 2.75) is 20.4 Å². The first-order valence-electron chi connectivity index (χ1n) is 9.44. The summed E-state index contributed by atoms with van der Waals surface area (Å²) in [6.07, 6.45) is 1.18. The molecule has 0 aliphatic rings. The number of rotatable bonds is 6. The first-order valence-corrected chi connectivity index (χ1v) is 12.0. The van der Waals surface area contributed by atoms with E-state index in [1.54, 1.807) is 48.5 Å². The molecule has 0 radical (unpaired) electrons. The molecule has 0 unspecified atom stereocenters. The van der Waals surface area contributed by atoms with Gasteiger partial charge in [-0.2, -0.15) is 0 Å². The molecule has 0 bridgehead atoms. The largest absolute Gasteiger partial charge is 0.322 e. The van der Waals surface area contributed by atoms with Crippen molar-refractivity contribution in [2.75, 3.05) is 15.9 Å². The van der Waals surface area contributed by atoms with Gasteiger partial charge in [-0.15, -0.1) is 0 Å². The number of amides is 1. The third-order valence-electron chi connectivity index (χ3n) is 4.84. The number of nitrogens with one attached hydrogen (secondary N) is 1. The molecule has 0 fully saturated rings. The van der Waals surface area contributed by atoms with Gasteiger partial charge in [0.2, 0.25) is 10.0 Å². The van der Waals surface area contributed by atoms with Crippen molar-refractivity contribution in [3.8, 4) is 0 Å². The highest BCUT2D eigenvalue weighted by Gasteiger charge is 2.18.